The zero-order chi connectivity index (χ0) is 11.5. The predicted molar refractivity (Wildman–Crippen MR) is 59.3 cm³/mol. The molecule has 84 valence electrons. The third kappa shape index (κ3) is 2.45. The first-order valence-corrected chi connectivity index (χ1v) is 6.05. The average molecular weight is 229 g/mol. The Morgan fingerprint density at radius 3 is 2.67 bits per heavy atom. The van der Waals surface area contributed by atoms with Gasteiger partial charge in [0.1, 0.15) is 10.7 Å². The molecule has 0 unspecified atom stereocenters. The second-order valence-corrected chi connectivity index (χ2v) is 5.29. The second kappa shape index (κ2) is 4.59. The third-order valence-electron chi connectivity index (χ3n) is 1.87. The van der Waals surface area contributed by atoms with Crippen LogP contribution in [0.5, 0.6) is 0 Å². The smallest absolute Gasteiger partial charge is 0.246 e. The standard InChI is InChI=1S/C9H15N3O2S/c1-4-10-9-8(6-5-7-11-9)15(13,14)12(2)3/h5-7H,4H2,1-3H3,(H,10,11). The Morgan fingerprint density at radius 1 is 1.47 bits per heavy atom. The van der Waals surface area contributed by atoms with Gasteiger partial charge in [0.25, 0.3) is 0 Å². The Labute approximate surface area is 90.2 Å². The van der Waals surface area contributed by atoms with Crippen LogP contribution in [0, 0.1) is 0 Å². The number of aromatic nitrogens is 1. The molecule has 0 saturated carbocycles. The molecule has 1 heterocycles. The lowest BCUT2D eigenvalue weighted by Gasteiger charge is -2.14. The van der Waals surface area contributed by atoms with Crippen molar-refractivity contribution in [3.8, 4) is 0 Å². The summed E-state index contributed by atoms with van der Waals surface area (Å²) in [6.07, 6.45) is 1.56. The molecule has 0 aliphatic heterocycles. The number of pyridine rings is 1. The van der Waals surface area contributed by atoms with Crippen LogP contribution >= 0.6 is 0 Å². The van der Waals surface area contributed by atoms with E-state index in [9.17, 15) is 8.42 Å². The van der Waals surface area contributed by atoms with Crippen molar-refractivity contribution >= 4 is 15.8 Å². The Balaban J connectivity index is 3.25. The van der Waals surface area contributed by atoms with Crippen molar-refractivity contribution in [1.82, 2.24) is 9.29 Å². The van der Waals surface area contributed by atoms with Gasteiger partial charge < -0.3 is 5.32 Å². The monoisotopic (exact) mass is 229 g/mol. The van der Waals surface area contributed by atoms with Crippen molar-refractivity contribution in [2.24, 2.45) is 0 Å². The van der Waals surface area contributed by atoms with E-state index >= 15 is 0 Å². The molecule has 15 heavy (non-hydrogen) atoms. The molecule has 1 rings (SSSR count). The summed E-state index contributed by atoms with van der Waals surface area (Å²) in [4.78, 5) is 4.21. The van der Waals surface area contributed by atoms with E-state index in [1.807, 2.05) is 6.92 Å². The highest BCUT2D eigenvalue weighted by atomic mass is 32.2. The van der Waals surface area contributed by atoms with Crippen LogP contribution in [0.25, 0.3) is 0 Å². The van der Waals surface area contributed by atoms with Gasteiger partial charge in [0.2, 0.25) is 10.0 Å². The number of nitrogens with zero attached hydrogens (tertiary/aromatic N) is 2. The summed E-state index contributed by atoms with van der Waals surface area (Å²) in [5, 5.41) is 2.92. The van der Waals surface area contributed by atoms with Crippen LogP contribution in [-0.2, 0) is 10.0 Å². The predicted octanol–water partition coefficient (Wildman–Crippen LogP) is 0.764. The maximum Gasteiger partial charge on any atom is 0.246 e. The number of hydrogen-bond acceptors (Lipinski definition) is 4. The Kier molecular flexibility index (Phi) is 3.65. The number of rotatable bonds is 4. The van der Waals surface area contributed by atoms with Gasteiger partial charge in [-0.2, -0.15) is 0 Å². The van der Waals surface area contributed by atoms with E-state index in [0.717, 1.165) is 0 Å². The fourth-order valence-corrected chi connectivity index (χ4v) is 2.11. The van der Waals surface area contributed by atoms with Gasteiger partial charge in [-0.3, -0.25) is 0 Å². The highest BCUT2D eigenvalue weighted by Crippen LogP contribution is 2.20. The van der Waals surface area contributed by atoms with E-state index in [-0.39, 0.29) is 4.90 Å². The van der Waals surface area contributed by atoms with E-state index in [1.54, 1.807) is 18.3 Å². The molecule has 0 bridgehead atoms. The van der Waals surface area contributed by atoms with Crippen LogP contribution in [0.1, 0.15) is 6.92 Å². The Bertz CT molecular complexity index is 429. The van der Waals surface area contributed by atoms with Crippen LogP contribution in [0.4, 0.5) is 5.82 Å². The van der Waals surface area contributed by atoms with Gasteiger partial charge in [-0.25, -0.2) is 17.7 Å². The maximum atomic E-state index is 11.9. The van der Waals surface area contributed by atoms with Crippen LogP contribution in [-0.4, -0.2) is 38.3 Å². The molecule has 0 aliphatic carbocycles. The normalized spacial score (nSPS) is 11.7. The molecule has 0 amide bonds. The summed E-state index contributed by atoms with van der Waals surface area (Å²) in [6, 6.07) is 3.15. The zero-order valence-corrected chi connectivity index (χ0v) is 9.87. The van der Waals surface area contributed by atoms with Crippen molar-refractivity contribution in [2.75, 3.05) is 26.0 Å². The molecule has 1 aromatic heterocycles. The number of sulfonamides is 1. The quantitative estimate of drug-likeness (QED) is 0.828. The Morgan fingerprint density at radius 2 is 2.13 bits per heavy atom. The Hall–Kier alpha value is -1.14. The summed E-state index contributed by atoms with van der Waals surface area (Å²) >= 11 is 0. The molecule has 0 saturated heterocycles. The topological polar surface area (TPSA) is 62.3 Å². The third-order valence-corrected chi connectivity index (χ3v) is 3.72. The molecule has 0 aliphatic rings. The van der Waals surface area contributed by atoms with Crippen LogP contribution < -0.4 is 5.32 Å². The highest BCUT2D eigenvalue weighted by Gasteiger charge is 2.21. The van der Waals surface area contributed by atoms with Gasteiger partial charge in [0.15, 0.2) is 0 Å². The first-order chi connectivity index (χ1) is 7.00. The minimum absolute atomic E-state index is 0.205. The van der Waals surface area contributed by atoms with Crippen molar-refractivity contribution in [1.29, 1.82) is 0 Å². The first-order valence-electron chi connectivity index (χ1n) is 4.61. The molecule has 0 radical (unpaired) electrons. The lowest BCUT2D eigenvalue weighted by Crippen LogP contribution is -2.23. The van der Waals surface area contributed by atoms with Gasteiger partial charge in [-0.15, -0.1) is 0 Å². The summed E-state index contributed by atoms with van der Waals surface area (Å²) in [7, 11) is -0.425. The molecular formula is C9H15N3O2S. The molecule has 0 spiro atoms. The molecule has 1 N–H and O–H groups in total. The van der Waals surface area contributed by atoms with E-state index in [0.29, 0.717) is 12.4 Å². The molecule has 0 atom stereocenters. The summed E-state index contributed by atoms with van der Waals surface area (Å²) in [5.74, 6) is 0.397. The fourth-order valence-electron chi connectivity index (χ4n) is 1.10. The van der Waals surface area contributed by atoms with Crippen LogP contribution in [0.2, 0.25) is 0 Å². The molecule has 0 fully saturated rings. The maximum absolute atomic E-state index is 11.9. The van der Waals surface area contributed by atoms with Gasteiger partial charge in [0, 0.05) is 26.8 Å². The largest absolute Gasteiger partial charge is 0.369 e. The molecular weight excluding hydrogens is 214 g/mol. The van der Waals surface area contributed by atoms with E-state index in [1.165, 1.54) is 18.4 Å². The minimum Gasteiger partial charge on any atom is -0.369 e. The lowest BCUT2D eigenvalue weighted by molar-refractivity contribution is 0.520. The summed E-state index contributed by atoms with van der Waals surface area (Å²) in [6.45, 7) is 2.52. The molecule has 5 nitrogen and oxygen atoms in total. The summed E-state index contributed by atoms with van der Waals surface area (Å²) < 4.78 is 24.9. The van der Waals surface area contributed by atoms with Crippen LogP contribution in [0.15, 0.2) is 23.2 Å². The average Bonchev–Trinajstić information content (AvgIpc) is 2.18. The van der Waals surface area contributed by atoms with Gasteiger partial charge in [0.05, 0.1) is 0 Å². The lowest BCUT2D eigenvalue weighted by atomic mass is 10.4. The zero-order valence-electron chi connectivity index (χ0n) is 9.06. The second-order valence-electron chi connectivity index (χ2n) is 3.17. The van der Waals surface area contributed by atoms with Crippen molar-refractivity contribution < 1.29 is 8.42 Å². The van der Waals surface area contributed by atoms with Gasteiger partial charge >= 0.3 is 0 Å². The molecule has 0 aromatic carbocycles. The van der Waals surface area contributed by atoms with Gasteiger partial charge in [-0.05, 0) is 19.1 Å². The van der Waals surface area contributed by atoms with Crippen molar-refractivity contribution in [3.63, 3.8) is 0 Å². The van der Waals surface area contributed by atoms with E-state index in [4.69, 9.17) is 0 Å². The SMILES string of the molecule is CCNc1ncccc1S(=O)(=O)N(C)C. The van der Waals surface area contributed by atoms with Crippen molar-refractivity contribution in [2.45, 2.75) is 11.8 Å². The number of hydrogen-bond donors (Lipinski definition) is 1. The minimum atomic E-state index is -3.42. The van der Waals surface area contributed by atoms with E-state index in [2.05, 4.69) is 10.3 Å². The number of nitrogens with one attached hydrogen (secondary N) is 1. The van der Waals surface area contributed by atoms with Crippen LogP contribution in [0.3, 0.4) is 0 Å². The number of anilines is 1. The van der Waals surface area contributed by atoms with Crippen molar-refractivity contribution in [3.05, 3.63) is 18.3 Å². The summed E-state index contributed by atoms with van der Waals surface area (Å²) in [5.41, 5.74) is 0. The molecule has 1 aromatic rings. The highest BCUT2D eigenvalue weighted by molar-refractivity contribution is 7.89. The molecule has 6 heteroatoms. The fraction of sp³-hybridized carbons (Fsp3) is 0.444. The van der Waals surface area contributed by atoms with E-state index < -0.39 is 10.0 Å². The first kappa shape index (κ1) is 11.9. The van der Waals surface area contributed by atoms with Gasteiger partial charge in [-0.1, -0.05) is 0 Å².